The van der Waals surface area contributed by atoms with E-state index in [0.29, 0.717) is 15.0 Å². The first kappa shape index (κ1) is 14.9. The molecule has 0 aromatic carbocycles. The van der Waals surface area contributed by atoms with Crippen molar-refractivity contribution in [1.82, 2.24) is 10.2 Å². The number of rotatable bonds is 5. The van der Waals surface area contributed by atoms with Gasteiger partial charge < -0.3 is 5.11 Å². The third-order valence-corrected chi connectivity index (χ3v) is 5.15. The predicted molar refractivity (Wildman–Crippen MR) is 80.0 cm³/mol. The fourth-order valence-electron chi connectivity index (χ4n) is 1.46. The van der Waals surface area contributed by atoms with Crippen LogP contribution in [0.15, 0.2) is 10.4 Å². The Morgan fingerprint density at radius 1 is 1.35 bits per heavy atom. The molecule has 0 spiro atoms. The standard InChI is InChI=1S/C11H11N3O3S3/c1-5-3-7(6(2)19-5)9(17)12-10-13-14-11(20-10)18-4-8(15)16/h3H,4H2,1-2H3,(H,15,16)(H,12,13,17). The van der Waals surface area contributed by atoms with Crippen molar-refractivity contribution in [2.24, 2.45) is 0 Å². The fourth-order valence-corrected chi connectivity index (χ4v) is 3.85. The van der Waals surface area contributed by atoms with Gasteiger partial charge in [-0.2, -0.15) is 0 Å². The fraction of sp³-hybridized carbons (Fsp3) is 0.273. The number of thiophene rings is 1. The number of aliphatic carboxylic acids is 1. The van der Waals surface area contributed by atoms with Crippen LogP contribution in [-0.2, 0) is 4.79 Å². The molecule has 0 bridgehead atoms. The number of nitrogens with one attached hydrogen (secondary N) is 1. The summed E-state index contributed by atoms with van der Waals surface area (Å²) in [4.78, 5) is 24.5. The lowest BCUT2D eigenvalue weighted by Gasteiger charge is -1.99. The number of anilines is 1. The van der Waals surface area contributed by atoms with Crippen molar-refractivity contribution in [3.8, 4) is 0 Å². The van der Waals surface area contributed by atoms with Crippen molar-refractivity contribution in [3.63, 3.8) is 0 Å². The van der Waals surface area contributed by atoms with E-state index in [1.165, 1.54) is 0 Å². The number of aromatic nitrogens is 2. The molecule has 2 aromatic rings. The first-order chi connectivity index (χ1) is 9.45. The Morgan fingerprint density at radius 2 is 2.10 bits per heavy atom. The van der Waals surface area contributed by atoms with Gasteiger partial charge in [0.05, 0.1) is 11.3 Å². The summed E-state index contributed by atoms with van der Waals surface area (Å²) in [7, 11) is 0. The molecule has 9 heteroatoms. The number of carbonyl (C=O) groups is 2. The van der Waals surface area contributed by atoms with E-state index in [2.05, 4.69) is 15.5 Å². The quantitative estimate of drug-likeness (QED) is 0.647. The predicted octanol–water partition coefficient (Wildman–Crippen LogP) is 2.65. The summed E-state index contributed by atoms with van der Waals surface area (Å²) in [5.41, 5.74) is 0.627. The minimum Gasteiger partial charge on any atom is -0.481 e. The van der Waals surface area contributed by atoms with E-state index >= 15 is 0 Å². The Hall–Kier alpha value is -1.45. The van der Waals surface area contributed by atoms with Crippen LogP contribution in [0.3, 0.4) is 0 Å². The second-order valence-electron chi connectivity index (χ2n) is 3.84. The van der Waals surface area contributed by atoms with Crippen molar-refractivity contribution in [1.29, 1.82) is 0 Å². The van der Waals surface area contributed by atoms with E-state index in [4.69, 9.17) is 5.11 Å². The number of thioether (sulfide) groups is 1. The number of amides is 1. The smallest absolute Gasteiger partial charge is 0.313 e. The normalized spacial score (nSPS) is 10.5. The molecule has 0 aliphatic carbocycles. The monoisotopic (exact) mass is 329 g/mol. The van der Waals surface area contributed by atoms with Gasteiger partial charge >= 0.3 is 5.97 Å². The second kappa shape index (κ2) is 6.33. The van der Waals surface area contributed by atoms with Gasteiger partial charge in [-0.3, -0.25) is 14.9 Å². The van der Waals surface area contributed by atoms with Gasteiger partial charge in [0.1, 0.15) is 0 Å². The summed E-state index contributed by atoms with van der Waals surface area (Å²) in [5, 5.41) is 19.3. The first-order valence-corrected chi connectivity index (χ1v) is 8.14. The highest BCUT2D eigenvalue weighted by Gasteiger charge is 2.14. The van der Waals surface area contributed by atoms with Crippen molar-refractivity contribution in [2.45, 2.75) is 18.2 Å². The Balaban J connectivity index is 2.01. The number of hydrogen-bond donors (Lipinski definition) is 2. The summed E-state index contributed by atoms with van der Waals surface area (Å²) in [6.45, 7) is 3.83. The van der Waals surface area contributed by atoms with Crippen LogP contribution < -0.4 is 5.32 Å². The lowest BCUT2D eigenvalue weighted by molar-refractivity contribution is -0.133. The summed E-state index contributed by atoms with van der Waals surface area (Å²) in [6.07, 6.45) is 0. The molecule has 106 valence electrons. The number of carboxylic acid groups (broad SMARTS) is 1. The van der Waals surface area contributed by atoms with Crippen LogP contribution >= 0.6 is 34.4 Å². The van der Waals surface area contributed by atoms with E-state index in [1.54, 1.807) is 11.3 Å². The number of aryl methyl sites for hydroxylation is 2. The number of nitrogens with zero attached hydrogens (tertiary/aromatic N) is 2. The van der Waals surface area contributed by atoms with E-state index in [1.807, 2.05) is 19.9 Å². The maximum absolute atomic E-state index is 12.1. The summed E-state index contributed by atoms with van der Waals surface area (Å²) < 4.78 is 0.515. The van der Waals surface area contributed by atoms with Gasteiger partial charge in [0.25, 0.3) is 5.91 Å². The van der Waals surface area contributed by atoms with Gasteiger partial charge in [0.2, 0.25) is 5.13 Å². The lowest BCUT2D eigenvalue weighted by atomic mass is 10.2. The van der Waals surface area contributed by atoms with Gasteiger partial charge in [-0.05, 0) is 19.9 Å². The number of hydrogen-bond acceptors (Lipinski definition) is 7. The molecule has 0 atom stereocenters. The zero-order valence-electron chi connectivity index (χ0n) is 10.7. The molecule has 2 rings (SSSR count). The van der Waals surface area contributed by atoms with Crippen molar-refractivity contribution >= 4 is 51.4 Å². The van der Waals surface area contributed by atoms with Crippen molar-refractivity contribution < 1.29 is 14.7 Å². The summed E-state index contributed by atoms with van der Waals surface area (Å²) in [5.74, 6) is -1.22. The van der Waals surface area contributed by atoms with E-state index in [9.17, 15) is 9.59 Å². The minimum atomic E-state index is -0.917. The van der Waals surface area contributed by atoms with Gasteiger partial charge in [0.15, 0.2) is 4.34 Å². The molecule has 0 aliphatic heterocycles. The average molecular weight is 329 g/mol. The Morgan fingerprint density at radius 3 is 2.70 bits per heavy atom. The van der Waals surface area contributed by atoms with Gasteiger partial charge in [-0.15, -0.1) is 21.5 Å². The third-order valence-electron chi connectivity index (χ3n) is 2.23. The molecule has 0 fully saturated rings. The molecule has 0 aliphatic rings. The molecule has 0 unspecified atom stereocenters. The van der Waals surface area contributed by atoms with E-state index in [0.717, 1.165) is 32.9 Å². The molecule has 0 radical (unpaired) electrons. The van der Waals surface area contributed by atoms with Crippen molar-refractivity contribution in [3.05, 3.63) is 21.4 Å². The molecule has 6 nitrogen and oxygen atoms in total. The Kier molecular flexibility index (Phi) is 4.73. The SMILES string of the molecule is Cc1cc(C(=O)Nc2nnc(SCC(=O)O)s2)c(C)s1. The lowest BCUT2D eigenvalue weighted by Crippen LogP contribution is -2.11. The Bertz CT molecular complexity index is 650. The van der Waals surface area contributed by atoms with E-state index in [-0.39, 0.29) is 11.7 Å². The topological polar surface area (TPSA) is 92.2 Å². The molecular formula is C11H11N3O3S3. The average Bonchev–Trinajstić information content (AvgIpc) is 2.93. The van der Waals surface area contributed by atoms with Crippen LogP contribution in [0.1, 0.15) is 20.1 Å². The van der Waals surface area contributed by atoms with Crippen LogP contribution in [0.25, 0.3) is 0 Å². The number of carbonyl (C=O) groups excluding carboxylic acids is 1. The largest absolute Gasteiger partial charge is 0.481 e. The van der Waals surface area contributed by atoms with Crippen LogP contribution in [0, 0.1) is 13.8 Å². The van der Waals surface area contributed by atoms with Crippen LogP contribution in [0.4, 0.5) is 5.13 Å². The highest BCUT2D eigenvalue weighted by molar-refractivity contribution is 8.01. The highest BCUT2D eigenvalue weighted by Crippen LogP contribution is 2.26. The van der Waals surface area contributed by atoms with Crippen LogP contribution in [0.2, 0.25) is 0 Å². The summed E-state index contributed by atoms with van der Waals surface area (Å²) in [6, 6.07) is 1.83. The van der Waals surface area contributed by atoms with Crippen LogP contribution in [-0.4, -0.2) is 32.9 Å². The summed E-state index contributed by atoms with van der Waals surface area (Å²) >= 11 is 3.80. The molecule has 20 heavy (non-hydrogen) atoms. The molecule has 2 heterocycles. The van der Waals surface area contributed by atoms with Gasteiger partial charge in [0, 0.05) is 9.75 Å². The van der Waals surface area contributed by atoms with Crippen molar-refractivity contribution in [2.75, 3.05) is 11.1 Å². The third kappa shape index (κ3) is 3.78. The van der Waals surface area contributed by atoms with Crippen LogP contribution in [0.5, 0.6) is 0 Å². The maximum Gasteiger partial charge on any atom is 0.313 e. The minimum absolute atomic E-state index is 0.0780. The molecule has 2 aromatic heterocycles. The van der Waals surface area contributed by atoms with Gasteiger partial charge in [-0.25, -0.2) is 0 Å². The zero-order chi connectivity index (χ0) is 14.7. The molecule has 1 amide bonds. The highest BCUT2D eigenvalue weighted by atomic mass is 32.2. The number of carboxylic acids is 1. The molecular weight excluding hydrogens is 318 g/mol. The Labute approximate surface area is 127 Å². The molecule has 2 N–H and O–H groups in total. The maximum atomic E-state index is 12.1. The van der Waals surface area contributed by atoms with E-state index < -0.39 is 5.97 Å². The zero-order valence-corrected chi connectivity index (χ0v) is 13.1. The molecule has 0 saturated carbocycles. The van der Waals surface area contributed by atoms with Gasteiger partial charge in [-0.1, -0.05) is 23.1 Å². The first-order valence-electron chi connectivity index (χ1n) is 5.52. The molecule has 0 saturated heterocycles. The second-order valence-corrected chi connectivity index (χ2v) is 7.50.